The van der Waals surface area contributed by atoms with E-state index in [-0.39, 0.29) is 0 Å². The number of nitrogens with zero attached hydrogens (tertiary/aromatic N) is 2. The first-order valence-corrected chi connectivity index (χ1v) is 14.0. The van der Waals surface area contributed by atoms with Crippen LogP contribution in [0.4, 0.5) is 17.1 Å². The summed E-state index contributed by atoms with van der Waals surface area (Å²) in [7, 11) is 0. The van der Waals surface area contributed by atoms with Gasteiger partial charge in [-0.15, -0.1) is 0 Å². The van der Waals surface area contributed by atoms with Crippen LogP contribution < -0.4 is 4.90 Å². The monoisotopic (exact) mass is 522 g/mol. The van der Waals surface area contributed by atoms with E-state index in [2.05, 4.69) is 155 Å². The van der Waals surface area contributed by atoms with Crippen LogP contribution in [0.2, 0.25) is 0 Å². The first kappa shape index (κ1) is 23.4. The van der Waals surface area contributed by atoms with E-state index in [1.165, 1.54) is 55.3 Å². The Morgan fingerprint density at radius 1 is 0.390 bits per heavy atom. The van der Waals surface area contributed by atoms with E-state index >= 15 is 0 Å². The summed E-state index contributed by atoms with van der Waals surface area (Å²) in [6, 6.07) is 52.2. The molecule has 0 aliphatic heterocycles. The second-order valence-corrected chi connectivity index (χ2v) is 10.4. The van der Waals surface area contributed by atoms with Gasteiger partial charge in [0.1, 0.15) is 0 Å². The van der Waals surface area contributed by atoms with Gasteiger partial charge in [0.25, 0.3) is 0 Å². The average molecular weight is 523 g/mol. The van der Waals surface area contributed by atoms with Crippen LogP contribution in [0, 0.1) is 0 Å². The Balaban J connectivity index is 1.39. The van der Waals surface area contributed by atoms with E-state index in [9.17, 15) is 0 Å². The van der Waals surface area contributed by atoms with Crippen molar-refractivity contribution in [2.75, 3.05) is 4.90 Å². The summed E-state index contributed by atoms with van der Waals surface area (Å²) in [6.45, 7) is 0. The number of pyridine rings is 1. The van der Waals surface area contributed by atoms with Gasteiger partial charge in [-0.1, -0.05) is 109 Å². The second kappa shape index (κ2) is 9.62. The Morgan fingerprint density at radius 3 is 1.76 bits per heavy atom. The summed E-state index contributed by atoms with van der Waals surface area (Å²) in [5.74, 6) is 0. The molecule has 192 valence electrons. The maximum Gasteiger partial charge on any atom is 0.0540 e. The summed E-state index contributed by atoms with van der Waals surface area (Å²) < 4.78 is 0. The molecule has 41 heavy (non-hydrogen) atoms. The SMILES string of the molecule is c1ccc(-c2ccc(N(c3ccccc3)c3ccc4c5c(cccc35)-c3cnccc3-c3ccccc3-4)cc2)cc1. The largest absolute Gasteiger partial charge is 0.310 e. The van der Waals surface area contributed by atoms with Crippen LogP contribution in [0.15, 0.2) is 158 Å². The Morgan fingerprint density at radius 2 is 0.976 bits per heavy atom. The summed E-state index contributed by atoms with van der Waals surface area (Å²) in [4.78, 5) is 6.92. The summed E-state index contributed by atoms with van der Waals surface area (Å²) >= 11 is 0. The number of benzene rings is 6. The minimum atomic E-state index is 1.12. The zero-order valence-corrected chi connectivity index (χ0v) is 22.4. The highest BCUT2D eigenvalue weighted by molar-refractivity contribution is 6.17. The number of fused-ring (bicyclic) bond motifs is 5. The molecule has 0 N–H and O–H groups in total. The van der Waals surface area contributed by atoms with Gasteiger partial charge in [-0.05, 0) is 80.7 Å². The van der Waals surface area contributed by atoms with Crippen molar-refractivity contribution in [3.8, 4) is 44.5 Å². The Hall–Kier alpha value is -5.47. The number of hydrogen-bond donors (Lipinski definition) is 0. The van der Waals surface area contributed by atoms with E-state index in [1.54, 1.807) is 0 Å². The lowest BCUT2D eigenvalue weighted by Crippen LogP contribution is -2.10. The predicted octanol–water partition coefficient (Wildman–Crippen LogP) is 10.7. The number of anilines is 3. The molecule has 8 rings (SSSR count). The van der Waals surface area contributed by atoms with Crippen molar-refractivity contribution in [2.45, 2.75) is 0 Å². The molecule has 0 fully saturated rings. The molecule has 6 aromatic carbocycles. The molecular formula is C39H26N2. The molecule has 0 saturated heterocycles. The van der Waals surface area contributed by atoms with E-state index in [0.29, 0.717) is 0 Å². The smallest absolute Gasteiger partial charge is 0.0540 e. The third-order valence-electron chi connectivity index (χ3n) is 8.12. The highest BCUT2D eigenvalue weighted by Crippen LogP contribution is 2.50. The minimum absolute atomic E-state index is 1.12. The Kier molecular flexibility index (Phi) is 5.49. The lowest BCUT2D eigenvalue weighted by molar-refractivity contribution is 1.30. The first-order valence-electron chi connectivity index (χ1n) is 14.0. The quantitative estimate of drug-likeness (QED) is 0.228. The van der Waals surface area contributed by atoms with Crippen molar-refractivity contribution in [3.63, 3.8) is 0 Å². The first-order chi connectivity index (χ1) is 20.4. The van der Waals surface area contributed by atoms with Gasteiger partial charge in [0, 0.05) is 34.7 Å². The standard InChI is InChI=1S/C39H26N2/c1-3-10-27(11-4-1)28-18-20-30(21-19-28)41(29-12-5-2-6-13-29)38-23-22-35-32-15-8-7-14-31(32)33-24-25-40-26-37(33)34-16-9-17-36(38)39(34)35/h1-26H. The zero-order valence-electron chi connectivity index (χ0n) is 22.4. The van der Waals surface area contributed by atoms with Crippen LogP contribution in [0.3, 0.4) is 0 Å². The minimum Gasteiger partial charge on any atom is -0.310 e. The highest BCUT2D eigenvalue weighted by Gasteiger charge is 2.24. The number of para-hydroxylation sites is 1. The lowest BCUT2D eigenvalue weighted by atomic mass is 9.92. The molecular weight excluding hydrogens is 496 g/mol. The maximum atomic E-state index is 4.55. The molecule has 1 aliphatic carbocycles. The van der Waals surface area contributed by atoms with Crippen molar-refractivity contribution in [3.05, 3.63) is 158 Å². The fourth-order valence-electron chi connectivity index (χ4n) is 6.27. The highest BCUT2D eigenvalue weighted by atomic mass is 15.1. The van der Waals surface area contributed by atoms with E-state index < -0.39 is 0 Å². The molecule has 1 aliphatic rings. The zero-order chi connectivity index (χ0) is 27.2. The van der Waals surface area contributed by atoms with Crippen molar-refractivity contribution in [1.82, 2.24) is 4.98 Å². The van der Waals surface area contributed by atoms with Gasteiger partial charge in [-0.2, -0.15) is 0 Å². The van der Waals surface area contributed by atoms with Gasteiger partial charge in [-0.25, -0.2) is 0 Å². The van der Waals surface area contributed by atoms with E-state index in [4.69, 9.17) is 0 Å². The van der Waals surface area contributed by atoms with Crippen LogP contribution in [-0.4, -0.2) is 4.98 Å². The van der Waals surface area contributed by atoms with Gasteiger partial charge < -0.3 is 4.90 Å². The molecule has 1 heterocycles. The fourth-order valence-corrected chi connectivity index (χ4v) is 6.27. The van der Waals surface area contributed by atoms with Crippen LogP contribution in [-0.2, 0) is 0 Å². The molecule has 2 nitrogen and oxygen atoms in total. The Labute approximate surface area is 239 Å². The van der Waals surface area contributed by atoms with Crippen molar-refractivity contribution in [1.29, 1.82) is 0 Å². The lowest BCUT2D eigenvalue weighted by Gasteiger charge is -2.28. The molecule has 2 heteroatoms. The van der Waals surface area contributed by atoms with E-state index in [1.807, 2.05) is 12.4 Å². The van der Waals surface area contributed by atoms with Gasteiger partial charge >= 0.3 is 0 Å². The number of rotatable bonds is 4. The van der Waals surface area contributed by atoms with Gasteiger partial charge in [0.2, 0.25) is 0 Å². The summed E-state index contributed by atoms with van der Waals surface area (Å²) in [5, 5.41) is 2.47. The molecule has 7 aromatic rings. The van der Waals surface area contributed by atoms with Gasteiger partial charge in [0.15, 0.2) is 0 Å². The number of aromatic nitrogens is 1. The number of hydrogen-bond acceptors (Lipinski definition) is 2. The van der Waals surface area contributed by atoms with Crippen LogP contribution in [0.5, 0.6) is 0 Å². The second-order valence-electron chi connectivity index (χ2n) is 10.4. The molecule has 0 bridgehead atoms. The molecule has 0 amide bonds. The predicted molar refractivity (Wildman–Crippen MR) is 172 cm³/mol. The van der Waals surface area contributed by atoms with Gasteiger partial charge in [-0.3, -0.25) is 4.98 Å². The van der Waals surface area contributed by atoms with Crippen molar-refractivity contribution < 1.29 is 0 Å². The van der Waals surface area contributed by atoms with Gasteiger partial charge in [0.05, 0.1) is 5.69 Å². The third-order valence-corrected chi connectivity index (χ3v) is 8.12. The molecule has 0 atom stereocenters. The molecule has 0 unspecified atom stereocenters. The average Bonchev–Trinajstić information content (AvgIpc) is 3.17. The van der Waals surface area contributed by atoms with Crippen LogP contribution >= 0.6 is 0 Å². The summed E-state index contributed by atoms with van der Waals surface area (Å²) in [6.07, 6.45) is 3.91. The topological polar surface area (TPSA) is 16.1 Å². The summed E-state index contributed by atoms with van der Waals surface area (Å²) in [5.41, 5.74) is 13.2. The Bertz CT molecular complexity index is 1980. The maximum absolute atomic E-state index is 4.55. The third kappa shape index (κ3) is 3.84. The molecule has 0 spiro atoms. The normalized spacial score (nSPS) is 11.4. The molecule has 0 saturated carbocycles. The van der Waals surface area contributed by atoms with Crippen LogP contribution in [0.25, 0.3) is 55.3 Å². The van der Waals surface area contributed by atoms with Crippen molar-refractivity contribution in [2.24, 2.45) is 0 Å². The van der Waals surface area contributed by atoms with Crippen molar-refractivity contribution >= 4 is 27.8 Å². The fraction of sp³-hybridized carbons (Fsp3) is 0. The molecule has 1 aromatic heterocycles. The van der Waals surface area contributed by atoms with Crippen LogP contribution in [0.1, 0.15) is 0 Å². The molecule has 0 radical (unpaired) electrons. The van der Waals surface area contributed by atoms with E-state index in [0.717, 1.165) is 17.1 Å².